The first-order valence-corrected chi connectivity index (χ1v) is 7.23. The zero-order chi connectivity index (χ0) is 11.2. The molecule has 0 saturated carbocycles. The Morgan fingerprint density at radius 3 is 3.29 bits per heavy atom. The molecule has 0 spiro atoms. The summed E-state index contributed by atoms with van der Waals surface area (Å²) in [6.45, 7) is 1.99. The van der Waals surface area contributed by atoms with E-state index in [9.17, 15) is 0 Å². The quantitative estimate of drug-likeness (QED) is 0.731. The molecule has 0 aromatic carbocycles. The van der Waals surface area contributed by atoms with Crippen molar-refractivity contribution >= 4 is 27.6 Å². The fraction of sp³-hybridized carbons (Fsp3) is 0.273. The molecule has 0 fully saturated rings. The van der Waals surface area contributed by atoms with Crippen molar-refractivity contribution in [1.82, 2.24) is 19.9 Å². The van der Waals surface area contributed by atoms with Crippen LogP contribution in [-0.4, -0.2) is 21.1 Å². The first-order valence-electron chi connectivity index (χ1n) is 5.54. The highest BCUT2D eigenvalue weighted by Gasteiger charge is 2.19. The molecule has 4 nitrogen and oxygen atoms in total. The maximum Gasteiger partial charge on any atom is 0.213 e. The number of nitrogens with zero attached hydrogens (tertiary/aromatic N) is 3. The van der Waals surface area contributed by atoms with Crippen LogP contribution in [0.2, 0.25) is 0 Å². The molecule has 1 aliphatic heterocycles. The summed E-state index contributed by atoms with van der Waals surface area (Å²) in [6, 6.07) is 4.10. The zero-order valence-electron chi connectivity index (χ0n) is 9.01. The topological polar surface area (TPSA) is 42.2 Å². The van der Waals surface area contributed by atoms with Gasteiger partial charge in [-0.25, -0.2) is 4.52 Å². The van der Waals surface area contributed by atoms with Gasteiger partial charge in [0.25, 0.3) is 0 Å². The zero-order valence-corrected chi connectivity index (χ0v) is 10.6. The van der Waals surface area contributed by atoms with E-state index in [0.717, 1.165) is 35.2 Å². The van der Waals surface area contributed by atoms with Crippen LogP contribution < -0.4 is 5.32 Å². The Hall–Kier alpha value is -1.24. The molecule has 86 valence electrons. The lowest BCUT2D eigenvalue weighted by atomic mass is 10.2. The van der Waals surface area contributed by atoms with Crippen molar-refractivity contribution in [2.75, 3.05) is 6.54 Å². The van der Waals surface area contributed by atoms with Gasteiger partial charge < -0.3 is 5.32 Å². The lowest BCUT2D eigenvalue weighted by Crippen LogP contribution is -2.23. The fourth-order valence-electron chi connectivity index (χ4n) is 2.13. The number of rotatable bonds is 1. The number of aromatic nitrogens is 3. The van der Waals surface area contributed by atoms with Crippen LogP contribution in [0.15, 0.2) is 17.5 Å². The molecule has 0 saturated heterocycles. The minimum absolute atomic E-state index is 0.854. The van der Waals surface area contributed by atoms with Gasteiger partial charge in [-0.2, -0.15) is 4.98 Å². The Balaban J connectivity index is 1.91. The molecule has 0 unspecified atom stereocenters. The number of hydrogen-bond acceptors (Lipinski definition) is 5. The minimum Gasteiger partial charge on any atom is -0.311 e. The van der Waals surface area contributed by atoms with E-state index in [1.54, 1.807) is 22.7 Å². The van der Waals surface area contributed by atoms with Gasteiger partial charge in [0.1, 0.15) is 0 Å². The number of hydrogen-bond donors (Lipinski definition) is 1. The third-order valence-electron chi connectivity index (χ3n) is 2.94. The van der Waals surface area contributed by atoms with E-state index in [2.05, 4.69) is 26.8 Å². The van der Waals surface area contributed by atoms with Gasteiger partial charge in [0.2, 0.25) is 4.96 Å². The molecule has 1 N–H and O–H groups in total. The van der Waals surface area contributed by atoms with Crippen molar-refractivity contribution in [2.24, 2.45) is 0 Å². The fourth-order valence-corrected chi connectivity index (χ4v) is 3.85. The largest absolute Gasteiger partial charge is 0.311 e. The highest BCUT2D eigenvalue weighted by atomic mass is 32.1. The van der Waals surface area contributed by atoms with Gasteiger partial charge in [-0.1, -0.05) is 17.4 Å². The van der Waals surface area contributed by atoms with Crippen molar-refractivity contribution in [3.63, 3.8) is 0 Å². The number of fused-ring (bicyclic) bond motifs is 3. The van der Waals surface area contributed by atoms with Crippen LogP contribution in [-0.2, 0) is 13.0 Å². The Labute approximate surface area is 106 Å². The molecule has 0 atom stereocenters. The van der Waals surface area contributed by atoms with Crippen molar-refractivity contribution in [1.29, 1.82) is 0 Å². The first-order chi connectivity index (χ1) is 8.42. The van der Waals surface area contributed by atoms with Crippen LogP contribution in [0.1, 0.15) is 10.6 Å². The Morgan fingerprint density at radius 2 is 2.41 bits per heavy atom. The molecule has 1 aliphatic rings. The summed E-state index contributed by atoms with van der Waals surface area (Å²) >= 11 is 3.44. The average molecular weight is 262 g/mol. The monoisotopic (exact) mass is 262 g/mol. The van der Waals surface area contributed by atoms with Crippen molar-refractivity contribution < 1.29 is 0 Å². The van der Waals surface area contributed by atoms with E-state index >= 15 is 0 Å². The predicted octanol–water partition coefficient (Wildman–Crippen LogP) is 2.17. The molecular formula is C11H10N4S2. The highest BCUT2D eigenvalue weighted by Crippen LogP contribution is 2.28. The van der Waals surface area contributed by atoms with E-state index in [1.807, 2.05) is 10.6 Å². The molecule has 4 heterocycles. The van der Waals surface area contributed by atoms with Crippen molar-refractivity contribution in [3.8, 4) is 10.7 Å². The lowest BCUT2D eigenvalue weighted by molar-refractivity contribution is 0.629. The minimum atomic E-state index is 0.854. The second-order valence-corrected chi connectivity index (χ2v) is 6.02. The Kier molecular flexibility index (Phi) is 2.08. The Bertz CT molecular complexity index is 665. The molecule has 6 heteroatoms. The summed E-state index contributed by atoms with van der Waals surface area (Å²) in [5, 5.41) is 10.1. The van der Waals surface area contributed by atoms with E-state index in [-0.39, 0.29) is 0 Å². The number of thiophene rings is 1. The average Bonchev–Trinajstić information content (AvgIpc) is 3.03. The van der Waals surface area contributed by atoms with E-state index in [0.29, 0.717) is 0 Å². The van der Waals surface area contributed by atoms with Crippen molar-refractivity contribution in [2.45, 2.75) is 13.0 Å². The second kappa shape index (κ2) is 3.63. The third-order valence-corrected chi connectivity index (χ3v) is 4.87. The number of thiazole rings is 1. The number of nitrogens with one attached hydrogen (secondary N) is 1. The molecule has 3 aromatic rings. The summed E-state index contributed by atoms with van der Waals surface area (Å²) in [5.74, 6) is 0.854. The van der Waals surface area contributed by atoms with Crippen LogP contribution in [0.3, 0.4) is 0 Å². The highest BCUT2D eigenvalue weighted by molar-refractivity contribution is 7.17. The van der Waals surface area contributed by atoms with Crippen LogP contribution in [0, 0.1) is 0 Å². The maximum atomic E-state index is 4.63. The van der Waals surface area contributed by atoms with Gasteiger partial charge in [-0.3, -0.25) is 0 Å². The summed E-state index contributed by atoms with van der Waals surface area (Å²) in [6.07, 6.45) is 1.04. The summed E-state index contributed by atoms with van der Waals surface area (Å²) in [5.41, 5.74) is 1.33. The lowest BCUT2D eigenvalue weighted by Gasteiger charge is -2.11. The molecular weight excluding hydrogens is 252 g/mol. The van der Waals surface area contributed by atoms with Gasteiger partial charge >= 0.3 is 0 Å². The predicted molar refractivity (Wildman–Crippen MR) is 69.6 cm³/mol. The van der Waals surface area contributed by atoms with E-state index < -0.39 is 0 Å². The normalized spacial score (nSPS) is 15.3. The van der Waals surface area contributed by atoms with Gasteiger partial charge in [-0.15, -0.1) is 16.4 Å². The van der Waals surface area contributed by atoms with Crippen LogP contribution in [0.4, 0.5) is 0 Å². The van der Waals surface area contributed by atoms with Gasteiger partial charge in [0.05, 0.1) is 10.6 Å². The molecule has 0 aliphatic carbocycles. The summed E-state index contributed by atoms with van der Waals surface area (Å²) < 4.78 is 2.02. The van der Waals surface area contributed by atoms with E-state index in [1.165, 1.54) is 10.6 Å². The van der Waals surface area contributed by atoms with Crippen LogP contribution >= 0.6 is 22.7 Å². The summed E-state index contributed by atoms with van der Waals surface area (Å²) in [7, 11) is 0. The van der Waals surface area contributed by atoms with Crippen LogP contribution in [0.25, 0.3) is 15.7 Å². The standard InChI is InChI=1S/C11H10N4S2/c1-2-8(16-5-1)10-13-11-15(14-10)7-3-4-12-6-9(7)17-11/h1-2,5,12H,3-4,6H2. The molecule has 0 bridgehead atoms. The molecule has 0 amide bonds. The van der Waals surface area contributed by atoms with Crippen LogP contribution in [0.5, 0.6) is 0 Å². The first kappa shape index (κ1) is 9.76. The second-order valence-electron chi connectivity index (χ2n) is 4.01. The van der Waals surface area contributed by atoms with Crippen molar-refractivity contribution in [3.05, 3.63) is 28.1 Å². The molecule has 3 aromatic heterocycles. The van der Waals surface area contributed by atoms with Gasteiger partial charge in [0, 0.05) is 24.4 Å². The van der Waals surface area contributed by atoms with E-state index in [4.69, 9.17) is 0 Å². The Morgan fingerprint density at radius 1 is 1.41 bits per heavy atom. The molecule has 0 radical (unpaired) electrons. The summed E-state index contributed by atoms with van der Waals surface area (Å²) in [4.78, 5) is 8.15. The molecule has 4 rings (SSSR count). The maximum absolute atomic E-state index is 4.63. The van der Waals surface area contributed by atoms with Gasteiger partial charge in [0.15, 0.2) is 5.82 Å². The molecule has 17 heavy (non-hydrogen) atoms. The van der Waals surface area contributed by atoms with Gasteiger partial charge in [-0.05, 0) is 11.4 Å². The SMILES string of the molecule is c1csc(-c2nc3sc4c(n3n2)CCNC4)c1. The third kappa shape index (κ3) is 1.45. The smallest absolute Gasteiger partial charge is 0.213 e.